The van der Waals surface area contributed by atoms with Crippen LogP contribution in [0.3, 0.4) is 0 Å². The second-order valence-electron chi connectivity index (χ2n) is 9.67. The Bertz CT molecular complexity index is 1680. The molecule has 7 nitrogen and oxygen atoms in total. The molecule has 41 heavy (non-hydrogen) atoms. The first kappa shape index (κ1) is 27.6. The number of benzene rings is 4. The van der Waals surface area contributed by atoms with E-state index in [9.17, 15) is 4.79 Å². The fourth-order valence-electron chi connectivity index (χ4n) is 4.45. The van der Waals surface area contributed by atoms with Gasteiger partial charge in [0.2, 0.25) is 5.75 Å². The standard InChI is InChI=1S/C34H32O7/c1-22(2)40-34-32-26(35)18-28(25-15-16-27(29(17-25)36-3)38-20-23-11-7-5-8-12-23)41-30(32)19-31(33(34)37-4)39-21-24-13-9-6-10-14-24/h5-19,22H,20-21H2,1-4H3. The Morgan fingerprint density at radius 1 is 0.683 bits per heavy atom. The van der Waals surface area contributed by atoms with E-state index in [4.69, 9.17) is 28.1 Å². The molecule has 0 aliphatic carbocycles. The topological polar surface area (TPSA) is 76.4 Å². The molecule has 210 valence electrons. The zero-order valence-corrected chi connectivity index (χ0v) is 23.5. The summed E-state index contributed by atoms with van der Waals surface area (Å²) in [5, 5.41) is 0.279. The van der Waals surface area contributed by atoms with Gasteiger partial charge in [-0.05, 0) is 43.2 Å². The van der Waals surface area contributed by atoms with Gasteiger partial charge < -0.3 is 28.1 Å². The minimum atomic E-state index is -0.270. The van der Waals surface area contributed by atoms with Crippen LogP contribution in [0.15, 0.2) is 100 Å². The van der Waals surface area contributed by atoms with Gasteiger partial charge in [-0.1, -0.05) is 60.7 Å². The molecule has 0 aliphatic rings. The lowest BCUT2D eigenvalue weighted by molar-refractivity contribution is 0.224. The van der Waals surface area contributed by atoms with E-state index in [1.165, 1.54) is 13.2 Å². The van der Waals surface area contributed by atoms with E-state index in [-0.39, 0.29) is 22.7 Å². The molecule has 1 aromatic heterocycles. The van der Waals surface area contributed by atoms with E-state index in [1.807, 2.05) is 80.6 Å². The summed E-state index contributed by atoms with van der Waals surface area (Å²) >= 11 is 0. The molecule has 5 aromatic rings. The number of hydrogen-bond donors (Lipinski definition) is 0. The van der Waals surface area contributed by atoms with Crippen LogP contribution in [0.2, 0.25) is 0 Å². The molecule has 0 saturated heterocycles. The summed E-state index contributed by atoms with van der Waals surface area (Å²) in [6.45, 7) is 4.46. The third-order valence-corrected chi connectivity index (χ3v) is 6.37. The van der Waals surface area contributed by atoms with Crippen molar-refractivity contribution < 1.29 is 28.1 Å². The van der Waals surface area contributed by atoms with Crippen molar-refractivity contribution in [1.82, 2.24) is 0 Å². The lowest BCUT2D eigenvalue weighted by Crippen LogP contribution is -2.12. The molecule has 1 heterocycles. The predicted molar refractivity (Wildman–Crippen MR) is 158 cm³/mol. The van der Waals surface area contributed by atoms with Gasteiger partial charge in [-0.3, -0.25) is 4.79 Å². The minimum Gasteiger partial charge on any atom is -0.493 e. The largest absolute Gasteiger partial charge is 0.493 e. The highest BCUT2D eigenvalue weighted by atomic mass is 16.5. The highest BCUT2D eigenvalue weighted by Crippen LogP contribution is 2.44. The molecule has 0 aliphatic heterocycles. The number of hydrogen-bond acceptors (Lipinski definition) is 7. The normalized spacial score (nSPS) is 11.0. The van der Waals surface area contributed by atoms with Crippen LogP contribution in [-0.4, -0.2) is 20.3 Å². The van der Waals surface area contributed by atoms with Crippen molar-refractivity contribution in [2.24, 2.45) is 0 Å². The van der Waals surface area contributed by atoms with Crippen molar-refractivity contribution in [3.05, 3.63) is 112 Å². The summed E-state index contributed by atoms with van der Waals surface area (Å²) in [6, 6.07) is 28.2. The van der Waals surface area contributed by atoms with E-state index >= 15 is 0 Å². The molecule has 7 heteroatoms. The average Bonchev–Trinajstić information content (AvgIpc) is 2.99. The zero-order chi connectivity index (χ0) is 28.8. The van der Waals surface area contributed by atoms with Gasteiger partial charge in [0.15, 0.2) is 28.4 Å². The van der Waals surface area contributed by atoms with Gasteiger partial charge >= 0.3 is 0 Å². The van der Waals surface area contributed by atoms with Gasteiger partial charge in [0.1, 0.15) is 29.9 Å². The Labute approximate surface area is 238 Å². The first-order chi connectivity index (χ1) is 20.0. The smallest absolute Gasteiger partial charge is 0.204 e. The Kier molecular flexibility index (Phi) is 8.44. The molecule has 0 unspecified atom stereocenters. The first-order valence-corrected chi connectivity index (χ1v) is 13.3. The second kappa shape index (κ2) is 12.5. The van der Waals surface area contributed by atoms with E-state index in [1.54, 1.807) is 25.3 Å². The summed E-state index contributed by atoms with van der Waals surface area (Å²) < 4.78 is 35.8. The molecule has 0 fully saturated rings. The van der Waals surface area contributed by atoms with Crippen LogP contribution in [-0.2, 0) is 13.2 Å². The molecule has 0 N–H and O–H groups in total. The van der Waals surface area contributed by atoms with E-state index in [0.29, 0.717) is 53.1 Å². The summed E-state index contributed by atoms with van der Waals surface area (Å²) in [5.74, 6) is 2.49. The van der Waals surface area contributed by atoms with Crippen molar-refractivity contribution in [3.8, 4) is 40.1 Å². The summed E-state index contributed by atoms with van der Waals surface area (Å²) in [6.07, 6.45) is -0.219. The van der Waals surface area contributed by atoms with Crippen molar-refractivity contribution >= 4 is 11.0 Å². The Hall–Kier alpha value is -4.91. The zero-order valence-electron chi connectivity index (χ0n) is 23.5. The maximum atomic E-state index is 13.5. The van der Waals surface area contributed by atoms with Crippen LogP contribution in [0.5, 0.6) is 28.7 Å². The molecule has 0 atom stereocenters. The van der Waals surface area contributed by atoms with Crippen molar-refractivity contribution in [3.63, 3.8) is 0 Å². The lowest BCUT2D eigenvalue weighted by Gasteiger charge is -2.19. The van der Waals surface area contributed by atoms with Crippen molar-refractivity contribution in [2.75, 3.05) is 14.2 Å². The molecular formula is C34H32O7. The maximum absolute atomic E-state index is 13.5. The first-order valence-electron chi connectivity index (χ1n) is 13.3. The third kappa shape index (κ3) is 6.30. The van der Waals surface area contributed by atoms with Gasteiger partial charge in [0.25, 0.3) is 0 Å². The molecule has 5 rings (SSSR count). The van der Waals surface area contributed by atoms with E-state index in [0.717, 1.165) is 11.1 Å². The van der Waals surface area contributed by atoms with Crippen molar-refractivity contribution in [2.45, 2.75) is 33.2 Å². The molecule has 0 bridgehead atoms. The van der Waals surface area contributed by atoms with Crippen LogP contribution in [0.1, 0.15) is 25.0 Å². The highest BCUT2D eigenvalue weighted by molar-refractivity contribution is 5.90. The molecular weight excluding hydrogens is 520 g/mol. The molecule has 4 aromatic carbocycles. The van der Waals surface area contributed by atoms with E-state index < -0.39 is 0 Å². The third-order valence-electron chi connectivity index (χ3n) is 6.37. The fraction of sp³-hybridized carbons (Fsp3) is 0.206. The Balaban J connectivity index is 1.54. The summed E-state index contributed by atoms with van der Waals surface area (Å²) in [7, 11) is 3.09. The van der Waals surface area contributed by atoms with E-state index in [2.05, 4.69) is 0 Å². The van der Waals surface area contributed by atoms with Crippen molar-refractivity contribution in [1.29, 1.82) is 0 Å². The van der Waals surface area contributed by atoms with Crippen LogP contribution in [0.25, 0.3) is 22.3 Å². The van der Waals surface area contributed by atoms with Gasteiger partial charge in [-0.2, -0.15) is 0 Å². The van der Waals surface area contributed by atoms with Gasteiger partial charge in [-0.25, -0.2) is 0 Å². The summed E-state index contributed by atoms with van der Waals surface area (Å²) in [5.41, 5.74) is 2.72. The SMILES string of the molecule is COc1cc(-c2cc(=O)c3c(OC(C)C)c(OC)c(OCc4ccccc4)cc3o2)ccc1OCc1ccccc1. The maximum Gasteiger partial charge on any atom is 0.204 e. The minimum absolute atomic E-state index is 0.219. The second-order valence-corrected chi connectivity index (χ2v) is 9.67. The quantitative estimate of drug-likeness (QED) is 0.169. The van der Waals surface area contributed by atoms with Gasteiger partial charge in [-0.15, -0.1) is 0 Å². The molecule has 0 spiro atoms. The summed E-state index contributed by atoms with van der Waals surface area (Å²) in [4.78, 5) is 13.5. The number of ether oxygens (including phenoxy) is 5. The lowest BCUT2D eigenvalue weighted by atomic mass is 10.1. The predicted octanol–water partition coefficient (Wildman–Crippen LogP) is 7.42. The highest BCUT2D eigenvalue weighted by Gasteiger charge is 2.23. The van der Waals surface area contributed by atoms with Gasteiger partial charge in [0, 0.05) is 17.7 Å². The van der Waals surface area contributed by atoms with Gasteiger partial charge in [0.05, 0.1) is 20.3 Å². The van der Waals surface area contributed by atoms with Crippen LogP contribution in [0.4, 0.5) is 0 Å². The van der Waals surface area contributed by atoms with Crippen LogP contribution >= 0.6 is 0 Å². The average molecular weight is 553 g/mol. The molecule has 0 radical (unpaired) electrons. The number of methoxy groups -OCH3 is 2. The number of fused-ring (bicyclic) bond motifs is 1. The Morgan fingerprint density at radius 2 is 1.32 bits per heavy atom. The molecule has 0 saturated carbocycles. The molecule has 0 amide bonds. The fourth-order valence-corrected chi connectivity index (χ4v) is 4.45. The monoisotopic (exact) mass is 552 g/mol. The number of rotatable bonds is 11. The van der Waals surface area contributed by atoms with Crippen LogP contribution in [0, 0.1) is 0 Å². The Morgan fingerprint density at radius 3 is 1.90 bits per heavy atom. The van der Waals surface area contributed by atoms with Crippen LogP contribution < -0.4 is 29.1 Å².